The van der Waals surface area contributed by atoms with E-state index in [0.29, 0.717) is 5.92 Å². The summed E-state index contributed by atoms with van der Waals surface area (Å²) in [5.74, 6) is 0.506. The van der Waals surface area contributed by atoms with Crippen LogP contribution in [0.15, 0.2) is 40.6 Å². The summed E-state index contributed by atoms with van der Waals surface area (Å²) >= 11 is 6.36. The molecular weight excluding hydrogens is 244 g/mol. The summed E-state index contributed by atoms with van der Waals surface area (Å²) in [4.78, 5) is -0.611. The SMILES string of the molecule is CC(C)CC(C)(Cl)N=NC(C)(C)c1ccccc1. The van der Waals surface area contributed by atoms with Crippen LogP contribution >= 0.6 is 11.6 Å². The Balaban J connectivity index is 2.83. The summed E-state index contributed by atoms with van der Waals surface area (Å²) in [5.41, 5.74) is 0.805. The van der Waals surface area contributed by atoms with Gasteiger partial charge in [0, 0.05) is 0 Å². The van der Waals surface area contributed by atoms with Gasteiger partial charge in [0.05, 0.1) is 0 Å². The summed E-state index contributed by atoms with van der Waals surface area (Å²) in [7, 11) is 0. The van der Waals surface area contributed by atoms with Crippen LogP contribution in [0.2, 0.25) is 0 Å². The van der Waals surface area contributed by atoms with E-state index in [1.54, 1.807) is 0 Å². The number of hydrogen-bond acceptors (Lipinski definition) is 2. The molecule has 0 aliphatic rings. The van der Waals surface area contributed by atoms with Gasteiger partial charge in [-0.05, 0) is 38.7 Å². The Morgan fingerprint density at radius 2 is 1.61 bits per heavy atom. The highest BCUT2D eigenvalue weighted by atomic mass is 35.5. The maximum atomic E-state index is 6.36. The zero-order valence-electron chi connectivity index (χ0n) is 11.9. The molecule has 0 saturated heterocycles. The van der Waals surface area contributed by atoms with Crippen molar-refractivity contribution < 1.29 is 0 Å². The lowest BCUT2D eigenvalue weighted by atomic mass is 9.96. The lowest BCUT2D eigenvalue weighted by molar-refractivity contribution is 0.427. The second kappa shape index (κ2) is 5.83. The molecule has 0 N–H and O–H groups in total. The molecule has 0 amide bonds. The first-order valence-corrected chi connectivity index (χ1v) is 6.79. The lowest BCUT2D eigenvalue weighted by Crippen LogP contribution is -2.19. The summed E-state index contributed by atoms with van der Waals surface area (Å²) in [5, 5.41) is 8.78. The van der Waals surface area contributed by atoms with Gasteiger partial charge in [-0.1, -0.05) is 55.8 Å². The van der Waals surface area contributed by atoms with Gasteiger partial charge in [0.15, 0.2) is 5.00 Å². The molecule has 1 aromatic carbocycles. The van der Waals surface area contributed by atoms with E-state index in [0.717, 1.165) is 12.0 Å². The third-order valence-corrected chi connectivity index (χ3v) is 3.00. The standard InChI is InChI=1S/C15H23ClN2/c1-12(2)11-15(5,16)18-17-14(3,4)13-9-7-6-8-10-13/h6-10,12H,11H2,1-5H3. The molecule has 3 heteroatoms. The molecule has 0 aliphatic carbocycles. The lowest BCUT2D eigenvalue weighted by Gasteiger charge is -2.23. The summed E-state index contributed by atoms with van der Waals surface area (Å²) in [6.07, 6.45) is 0.822. The van der Waals surface area contributed by atoms with E-state index in [1.807, 2.05) is 39.0 Å². The maximum absolute atomic E-state index is 6.36. The fourth-order valence-corrected chi connectivity index (χ4v) is 2.27. The van der Waals surface area contributed by atoms with Gasteiger partial charge in [-0.25, -0.2) is 0 Å². The zero-order chi connectivity index (χ0) is 13.8. The second-order valence-electron chi connectivity index (χ2n) is 5.87. The zero-order valence-corrected chi connectivity index (χ0v) is 12.7. The molecule has 0 saturated carbocycles. The van der Waals surface area contributed by atoms with Crippen molar-refractivity contribution >= 4 is 11.6 Å². The van der Waals surface area contributed by atoms with Gasteiger partial charge in [0.1, 0.15) is 5.54 Å². The van der Waals surface area contributed by atoms with Gasteiger partial charge in [0.2, 0.25) is 0 Å². The molecule has 0 aliphatic heterocycles. The number of nitrogens with zero attached hydrogens (tertiary/aromatic N) is 2. The van der Waals surface area contributed by atoms with E-state index in [2.05, 4.69) is 36.2 Å². The molecule has 1 unspecified atom stereocenters. The van der Waals surface area contributed by atoms with E-state index in [-0.39, 0.29) is 5.54 Å². The van der Waals surface area contributed by atoms with Gasteiger partial charge in [-0.15, -0.1) is 0 Å². The van der Waals surface area contributed by atoms with E-state index >= 15 is 0 Å². The molecule has 18 heavy (non-hydrogen) atoms. The number of hydrogen-bond donors (Lipinski definition) is 0. The van der Waals surface area contributed by atoms with Gasteiger partial charge in [-0.3, -0.25) is 0 Å². The van der Waals surface area contributed by atoms with Crippen molar-refractivity contribution in [2.45, 2.75) is 51.6 Å². The smallest absolute Gasteiger partial charge is 0.152 e. The molecule has 1 rings (SSSR count). The van der Waals surface area contributed by atoms with Crippen LogP contribution in [0.25, 0.3) is 0 Å². The predicted molar refractivity (Wildman–Crippen MR) is 78.0 cm³/mol. The molecule has 0 fully saturated rings. The number of azo groups is 1. The molecule has 0 bridgehead atoms. The quantitative estimate of drug-likeness (QED) is 0.389. The fraction of sp³-hybridized carbons (Fsp3) is 0.600. The number of rotatable bonds is 5. The Morgan fingerprint density at radius 3 is 2.11 bits per heavy atom. The van der Waals surface area contributed by atoms with Crippen molar-refractivity contribution in [3.8, 4) is 0 Å². The normalized spacial score (nSPS) is 16.2. The minimum Gasteiger partial charge on any atom is -0.181 e. The Morgan fingerprint density at radius 1 is 1.06 bits per heavy atom. The molecule has 0 radical (unpaired) electrons. The van der Waals surface area contributed by atoms with E-state index in [9.17, 15) is 0 Å². The van der Waals surface area contributed by atoms with Crippen molar-refractivity contribution in [3.05, 3.63) is 35.9 Å². The minimum atomic E-state index is -0.611. The summed E-state index contributed by atoms with van der Waals surface area (Å²) < 4.78 is 0. The van der Waals surface area contributed by atoms with Crippen LogP contribution in [0.5, 0.6) is 0 Å². The second-order valence-corrected chi connectivity index (χ2v) is 6.68. The Bertz CT molecular complexity index is 394. The first kappa shape index (κ1) is 15.2. The molecule has 1 aromatic rings. The Hall–Kier alpha value is -0.890. The number of benzene rings is 1. The average molecular weight is 267 g/mol. The first-order valence-electron chi connectivity index (χ1n) is 6.41. The van der Waals surface area contributed by atoms with E-state index in [4.69, 9.17) is 11.6 Å². The molecule has 100 valence electrons. The van der Waals surface area contributed by atoms with Crippen molar-refractivity contribution in [2.24, 2.45) is 16.1 Å². The monoisotopic (exact) mass is 266 g/mol. The Labute approximate surface area is 115 Å². The van der Waals surface area contributed by atoms with Crippen LogP contribution in [-0.2, 0) is 5.54 Å². The van der Waals surface area contributed by atoms with Crippen molar-refractivity contribution in [1.82, 2.24) is 0 Å². The van der Waals surface area contributed by atoms with Crippen LogP contribution in [0.1, 0.15) is 46.6 Å². The minimum absolute atomic E-state index is 0.339. The van der Waals surface area contributed by atoms with Crippen molar-refractivity contribution in [2.75, 3.05) is 0 Å². The molecule has 0 heterocycles. The summed E-state index contributed by atoms with van der Waals surface area (Å²) in [6, 6.07) is 10.2. The van der Waals surface area contributed by atoms with E-state index in [1.165, 1.54) is 0 Å². The number of halogens is 1. The molecule has 1 atom stereocenters. The highest BCUT2D eigenvalue weighted by Gasteiger charge is 2.25. The molecule has 0 spiro atoms. The van der Waals surface area contributed by atoms with Crippen LogP contribution in [0, 0.1) is 5.92 Å². The van der Waals surface area contributed by atoms with Gasteiger partial charge >= 0.3 is 0 Å². The highest BCUT2D eigenvalue weighted by Crippen LogP contribution is 2.30. The molecular formula is C15H23ClN2. The topological polar surface area (TPSA) is 24.7 Å². The van der Waals surface area contributed by atoms with Crippen molar-refractivity contribution in [3.63, 3.8) is 0 Å². The predicted octanol–water partition coefficient (Wildman–Crippen LogP) is 5.38. The van der Waals surface area contributed by atoms with E-state index < -0.39 is 5.00 Å². The number of alkyl halides is 1. The first-order chi connectivity index (χ1) is 8.23. The summed E-state index contributed by atoms with van der Waals surface area (Å²) in [6.45, 7) is 10.3. The van der Waals surface area contributed by atoms with Crippen LogP contribution in [-0.4, -0.2) is 5.00 Å². The van der Waals surface area contributed by atoms with Gasteiger partial charge in [0.25, 0.3) is 0 Å². The van der Waals surface area contributed by atoms with Crippen LogP contribution < -0.4 is 0 Å². The highest BCUT2D eigenvalue weighted by molar-refractivity contribution is 6.23. The largest absolute Gasteiger partial charge is 0.181 e. The van der Waals surface area contributed by atoms with Crippen LogP contribution in [0.3, 0.4) is 0 Å². The third-order valence-electron chi connectivity index (χ3n) is 2.77. The average Bonchev–Trinajstić information content (AvgIpc) is 2.26. The van der Waals surface area contributed by atoms with Gasteiger partial charge in [-0.2, -0.15) is 10.2 Å². The van der Waals surface area contributed by atoms with Crippen LogP contribution in [0.4, 0.5) is 0 Å². The third kappa shape index (κ3) is 4.77. The van der Waals surface area contributed by atoms with Crippen molar-refractivity contribution in [1.29, 1.82) is 0 Å². The molecule has 2 nitrogen and oxygen atoms in total. The Kier molecular flexibility index (Phi) is 4.92. The maximum Gasteiger partial charge on any atom is 0.152 e. The fourth-order valence-electron chi connectivity index (χ4n) is 1.92. The molecule has 0 aromatic heterocycles. The van der Waals surface area contributed by atoms with Gasteiger partial charge < -0.3 is 0 Å².